The second kappa shape index (κ2) is 5.25. The lowest BCUT2D eigenvalue weighted by atomic mass is 10.2. The Morgan fingerprint density at radius 3 is 2.21 bits per heavy atom. The molecule has 0 bridgehead atoms. The van der Waals surface area contributed by atoms with Crippen LogP contribution in [0.5, 0.6) is 11.5 Å². The van der Waals surface area contributed by atoms with Gasteiger partial charge in [0, 0.05) is 0 Å². The second-order valence-corrected chi connectivity index (χ2v) is 10.8. The van der Waals surface area contributed by atoms with E-state index in [1.165, 1.54) is 12.1 Å². The summed E-state index contributed by atoms with van der Waals surface area (Å²) in [5.74, 6) is 0.103. The van der Waals surface area contributed by atoms with Crippen LogP contribution in [-0.4, -0.2) is 26.5 Å². The van der Waals surface area contributed by atoms with Crippen LogP contribution in [0.15, 0.2) is 18.2 Å². The first kappa shape index (κ1) is 15.6. The fourth-order valence-corrected chi connectivity index (χ4v) is 2.33. The SMILES string of the molecule is COc1ccc(C(=O)O)cc1O[Si](C)(C)C(C)(C)C. The smallest absolute Gasteiger partial charge is 0.335 e. The van der Waals surface area contributed by atoms with Crippen LogP contribution in [0.25, 0.3) is 0 Å². The third-order valence-corrected chi connectivity index (χ3v) is 7.92. The van der Waals surface area contributed by atoms with Gasteiger partial charge in [-0.15, -0.1) is 0 Å². The van der Waals surface area contributed by atoms with E-state index in [1.807, 2.05) is 0 Å². The normalized spacial score (nSPS) is 12.1. The Kier molecular flexibility index (Phi) is 4.30. The van der Waals surface area contributed by atoms with Crippen molar-refractivity contribution in [3.05, 3.63) is 23.8 Å². The zero-order chi connectivity index (χ0) is 14.8. The number of rotatable bonds is 4. The van der Waals surface area contributed by atoms with Gasteiger partial charge >= 0.3 is 5.97 Å². The topological polar surface area (TPSA) is 55.8 Å². The third-order valence-electron chi connectivity index (χ3n) is 3.58. The Balaban J connectivity index is 3.18. The Labute approximate surface area is 115 Å². The Morgan fingerprint density at radius 1 is 1.21 bits per heavy atom. The van der Waals surface area contributed by atoms with Crippen molar-refractivity contribution >= 4 is 14.3 Å². The van der Waals surface area contributed by atoms with E-state index in [0.717, 1.165) is 0 Å². The van der Waals surface area contributed by atoms with Crippen LogP contribution in [0.3, 0.4) is 0 Å². The Hall–Kier alpha value is -1.49. The van der Waals surface area contributed by atoms with Crippen molar-refractivity contribution < 1.29 is 19.1 Å². The number of benzene rings is 1. The van der Waals surface area contributed by atoms with Gasteiger partial charge in [0.15, 0.2) is 5.75 Å². The summed E-state index contributed by atoms with van der Waals surface area (Å²) >= 11 is 0. The summed E-state index contributed by atoms with van der Waals surface area (Å²) in [4.78, 5) is 11.0. The van der Waals surface area contributed by atoms with Crippen molar-refractivity contribution in [2.24, 2.45) is 0 Å². The molecule has 0 spiro atoms. The first-order valence-corrected chi connectivity index (χ1v) is 9.09. The summed E-state index contributed by atoms with van der Waals surface area (Å²) in [6.07, 6.45) is 0. The van der Waals surface area contributed by atoms with Crippen molar-refractivity contribution in [2.45, 2.75) is 38.9 Å². The van der Waals surface area contributed by atoms with Crippen LogP contribution in [-0.2, 0) is 0 Å². The maximum absolute atomic E-state index is 11.0. The summed E-state index contributed by atoms with van der Waals surface area (Å²) in [5.41, 5.74) is 0.203. The summed E-state index contributed by atoms with van der Waals surface area (Å²) in [6.45, 7) is 10.6. The molecule has 0 fully saturated rings. The highest BCUT2D eigenvalue weighted by Gasteiger charge is 2.39. The predicted molar refractivity (Wildman–Crippen MR) is 77.8 cm³/mol. The van der Waals surface area contributed by atoms with Gasteiger partial charge in [-0.2, -0.15) is 0 Å². The van der Waals surface area contributed by atoms with Crippen LogP contribution >= 0.6 is 0 Å². The maximum Gasteiger partial charge on any atom is 0.335 e. The molecule has 0 saturated carbocycles. The van der Waals surface area contributed by atoms with Crippen molar-refractivity contribution in [1.29, 1.82) is 0 Å². The van der Waals surface area contributed by atoms with Crippen LogP contribution in [0, 0.1) is 0 Å². The van der Waals surface area contributed by atoms with E-state index < -0.39 is 14.3 Å². The zero-order valence-corrected chi connectivity index (χ0v) is 13.4. The van der Waals surface area contributed by atoms with E-state index >= 15 is 0 Å². The van der Waals surface area contributed by atoms with Crippen LogP contribution in [0.1, 0.15) is 31.1 Å². The molecule has 0 unspecified atom stereocenters. The Bertz CT molecular complexity index is 475. The van der Waals surface area contributed by atoms with Gasteiger partial charge in [-0.25, -0.2) is 4.79 Å². The van der Waals surface area contributed by atoms with Gasteiger partial charge in [0.1, 0.15) is 5.75 Å². The molecule has 106 valence electrons. The molecule has 4 nitrogen and oxygen atoms in total. The van der Waals surface area contributed by atoms with Crippen LogP contribution < -0.4 is 9.16 Å². The van der Waals surface area contributed by atoms with E-state index in [2.05, 4.69) is 33.9 Å². The largest absolute Gasteiger partial charge is 0.541 e. The molecule has 1 N–H and O–H groups in total. The van der Waals surface area contributed by atoms with E-state index in [4.69, 9.17) is 14.3 Å². The van der Waals surface area contributed by atoms with Crippen LogP contribution in [0.4, 0.5) is 0 Å². The van der Waals surface area contributed by atoms with E-state index in [0.29, 0.717) is 11.5 Å². The highest BCUT2D eigenvalue weighted by molar-refractivity contribution is 6.74. The highest BCUT2D eigenvalue weighted by atomic mass is 28.4. The molecule has 5 heteroatoms. The van der Waals surface area contributed by atoms with Gasteiger partial charge in [0.2, 0.25) is 0 Å². The van der Waals surface area contributed by atoms with Gasteiger partial charge in [0.05, 0.1) is 12.7 Å². The number of methoxy groups -OCH3 is 1. The number of ether oxygens (including phenoxy) is 1. The summed E-state index contributed by atoms with van der Waals surface area (Å²) in [5, 5.41) is 9.08. The number of carbonyl (C=O) groups is 1. The minimum Gasteiger partial charge on any atom is -0.541 e. The predicted octanol–water partition coefficient (Wildman–Crippen LogP) is 3.78. The van der Waals surface area contributed by atoms with Crippen LogP contribution in [0.2, 0.25) is 18.1 Å². The fraction of sp³-hybridized carbons (Fsp3) is 0.500. The molecule has 0 amide bonds. The quantitative estimate of drug-likeness (QED) is 0.854. The summed E-state index contributed by atoms with van der Waals surface area (Å²) in [7, 11) is -0.474. The number of hydrogen-bond donors (Lipinski definition) is 1. The average Bonchev–Trinajstić information content (AvgIpc) is 2.26. The standard InChI is InChI=1S/C14H22O4Si/c1-14(2,3)19(5,6)18-12-9-10(13(15)16)7-8-11(12)17-4/h7-9H,1-6H3,(H,15,16). The molecule has 0 radical (unpaired) electrons. The summed E-state index contributed by atoms with van der Waals surface area (Å²) in [6, 6.07) is 4.67. The lowest BCUT2D eigenvalue weighted by Gasteiger charge is -2.36. The van der Waals surface area contributed by atoms with Crippen molar-refractivity contribution in [3.8, 4) is 11.5 Å². The van der Waals surface area contributed by atoms with Crippen molar-refractivity contribution in [1.82, 2.24) is 0 Å². The van der Waals surface area contributed by atoms with E-state index in [9.17, 15) is 4.79 Å². The van der Waals surface area contributed by atoms with Gasteiger partial charge in [0.25, 0.3) is 8.32 Å². The summed E-state index contributed by atoms with van der Waals surface area (Å²) < 4.78 is 11.4. The minimum absolute atomic E-state index is 0.0389. The van der Waals surface area contributed by atoms with E-state index in [-0.39, 0.29) is 10.6 Å². The molecular weight excluding hydrogens is 260 g/mol. The molecule has 0 atom stereocenters. The molecular formula is C14H22O4Si. The first-order chi connectivity index (χ1) is 8.58. The third kappa shape index (κ3) is 3.50. The number of aromatic carboxylic acids is 1. The minimum atomic E-state index is -2.02. The molecule has 0 aliphatic heterocycles. The first-order valence-electron chi connectivity index (χ1n) is 6.19. The molecule has 19 heavy (non-hydrogen) atoms. The molecule has 0 aliphatic rings. The molecule has 1 rings (SSSR count). The zero-order valence-electron chi connectivity index (χ0n) is 12.4. The van der Waals surface area contributed by atoms with Crippen molar-refractivity contribution in [3.63, 3.8) is 0 Å². The number of carboxylic acid groups (broad SMARTS) is 1. The maximum atomic E-state index is 11.0. The lowest BCUT2D eigenvalue weighted by Crippen LogP contribution is -2.44. The number of hydrogen-bond acceptors (Lipinski definition) is 3. The molecule has 1 aromatic rings. The monoisotopic (exact) mass is 282 g/mol. The van der Waals surface area contributed by atoms with Gasteiger partial charge in [-0.3, -0.25) is 0 Å². The molecule has 0 aromatic heterocycles. The molecule has 0 aliphatic carbocycles. The molecule has 0 heterocycles. The molecule has 0 saturated heterocycles. The Morgan fingerprint density at radius 2 is 1.79 bits per heavy atom. The van der Waals surface area contributed by atoms with Gasteiger partial charge in [-0.05, 0) is 36.3 Å². The van der Waals surface area contributed by atoms with Crippen molar-refractivity contribution in [2.75, 3.05) is 7.11 Å². The second-order valence-electron chi connectivity index (χ2n) is 6.03. The molecule has 1 aromatic carbocycles. The highest BCUT2D eigenvalue weighted by Crippen LogP contribution is 2.40. The average molecular weight is 282 g/mol. The number of carboxylic acids is 1. The lowest BCUT2D eigenvalue weighted by molar-refractivity contribution is 0.0696. The van der Waals surface area contributed by atoms with E-state index in [1.54, 1.807) is 13.2 Å². The van der Waals surface area contributed by atoms with Gasteiger partial charge in [-0.1, -0.05) is 20.8 Å². The van der Waals surface area contributed by atoms with Gasteiger partial charge < -0.3 is 14.3 Å². The fourth-order valence-electron chi connectivity index (χ4n) is 1.32.